The fourth-order valence-corrected chi connectivity index (χ4v) is 6.36. The number of likely N-dealkylation sites (tertiary alicyclic amines) is 1. The average Bonchev–Trinajstić information content (AvgIpc) is 3.51. The number of ether oxygens (including phenoxy) is 3. The number of carbonyl (C=O) groups is 4. The van der Waals surface area contributed by atoms with E-state index in [4.69, 9.17) is 14.2 Å². The first kappa shape index (κ1) is 23.6. The number of esters is 1. The summed E-state index contributed by atoms with van der Waals surface area (Å²) < 4.78 is 15.8. The first-order valence-electron chi connectivity index (χ1n) is 12.6. The van der Waals surface area contributed by atoms with E-state index >= 15 is 0 Å². The molecule has 2 aromatic rings. The summed E-state index contributed by atoms with van der Waals surface area (Å²) in [5.74, 6) is -0.427. The summed E-state index contributed by atoms with van der Waals surface area (Å²) >= 11 is 0. The molecule has 3 aliphatic heterocycles. The van der Waals surface area contributed by atoms with Crippen molar-refractivity contribution in [1.29, 1.82) is 0 Å². The van der Waals surface area contributed by atoms with E-state index in [1.807, 2.05) is 6.07 Å². The number of H-pyrrole nitrogens is 1. The zero-order valence-electron chi connectivity index (χ0n) is 21.0. The Morgan fingerprint density at radius 3 is 2.68 bits per heavy atom. The van der Waals surface area contributed by atoms with Crippen LogP contribution in [-0.2, 0) is 19.1 Å². The van der Waals surface area contributed by atoms with Crippen LogP contribution in [0, 0.1) is 23.2 Å². The van der Waals surface area contributed by atoms with Gasteiger partial charge in [-0.15, -0.1) is 0 Å². The molecule has 0 unspecified atom stereocenters. The Balaban J connectivity index is 1.24. The second-order valence-corrected chi connectivity index (χ2v) is 10.9. The third-order valence-electron chi connectivity index (χ3n) is 8.57. The van der Waals surface area contributed by atoms with Gasteiger partial charge in [-0.25, -0.2) is 4.79 Å². The predicted molar refractivity (Wildman–Crippen MR) is 130 cm³/mol. The van der Waals surface area contributed by atoms with E-state index in [0.29, 0.717) is 36.7 Å². The molecule has 2 saturated heterocycles. The zero-order valence-corrected chi connectivity index (χ0v) is 21.0. The van der Waals surface area contributed by atoms with E-state index in [1.54, 1.807) is 17.0 Å². The molecular weight excluding hydrogens is 480 g/mol. The van der Waals surface area contributed by atoms with Gasteiger partial charge in [0, 0.05) is 36.0 Å². The molecule has 4 heterocycles. The summed E-state index contributed by atoms with van der Waals surface area (Å²) in [5.41, 5.74) is 1.00. The van der Waals surface area contributed by atoms with E-state index in [9.17, 15) is 19.2 Å². The van der Waals surface area contributed by atoms with Gasteiger partial charge in [0.05, 0.1) is 7.11 Å². The van der Waals surface area contributed by atoms with Gasteiger partial charge in [-0.1, -0.05) is 13.8 Å². The van der Waals surface area contributed by atoms with E-state index in [2.05, 4.69) is 29.5 Å². The maximum absolute atomic E-state index is 13.7. The standard InChI is InChI=1S/C26H30N4O7/c1-26(2)14-10-30(24(33)16-7-13-8-18-19(37-11-36-18)9-15(13)28-16)21(20(14)26)23(32)29-17(25(34)35-3)6-12-4-5-27-22(12)31/h7-9,12,14,17,20-21,28H,4-6,10-11H2,1-3H3,(H,27,31)(H,29,32)/t12-,14-,17-,20-,21-/m0/s1. The molecular formula is C26H30N4O7. The van der Waals surface area contributed by atoms with Crippen molar-refractivity contribution in [3.05, 3.63) is 23.9 Å². The molecule has 6 rings (SSSR count). The number of methoxy groups -OCH3 is 1. The van der Waals surface area contributed by atoms with Gasteiger partial charge in [0.15, 0.2) is 11.5 Å². The van der Waals surface area contributed by atoms with Crippen molar-refractivity contribution >= 4 is 34.6 Å². The fourth-order valence-electron chi connectivity index (χ4n) is 6.36. The van der Waals surface area contributed by atoms with Crippen molar-refractivity contribution in [3.63, 3.8) is 0 Å². The summed E-state index contributed by atoms with van der Waals surface area (Å²) in [6, 6.07) is 3.66. The van der Waals surface area contributed by atoms with Gasteiger partial charge >= 0.3 is 5.97 Å². The second-order valence-electron chi connectivity index (χ2n) is 10.9. The van der Waals surface area contributed by atoms with Gasteiger partial charge < -0.3 is 34.7 Å². The van der Waals surface area contributed by atoms with Crippen LogP contribution in [0.1, 0.15) is 37.2 Å². The molecule has 0 bridgehead atoms. The highest BCUT2D eigenvalue weighted by molar-refractivity contribution is 6.02. The lowest BCUT2D eigenvalue weighted by Crippen LogP contribution is -2.54. The Morgan fingerprint density at radius 2 is 1.97 bits per heavy atom. The highest BCUT2D eigenvalue weighted by Crippen LogP contribution is 2.65. The summed E-state index contributed by atoms with van der Waals surface area (Å²) in [7, 11) is 1.25. The number of hydrogen-bond donors (Lipinski definition) is 3. The van der Waals surface area contributed by atoms with Gasteiger partial charge in [-0.3, -0.25) is 14.4 Å². The van der Waals surface area contributed by atoms with Gasteiger partial charge in [0.2, 0.25) is 18.6 Å². The molecule has 0 spiro atoms. The number of aromatic amines is 1. The lowest BCUT2D eigenvalue weighted by atomic mass is 9.96. The molecule has 1 aromatic carbocycles. The van der Waals surface area contributed by atoms with Crippen LogP contribution in [0.4, 0.5) is 0 Å². The molecule has 5 atom stereocenters. The number of piperidine rings is 1. The number of fused-ring (bicyclic) bond motifs is 3. The molecule has 11 nitrogen and oxygen atoms in total. The minimum Gasteiger partial charge on any atom is -0.467 e. The third kappa shape index (κ3) is 3.79. The van der Waals surface area contributed by atoms with Crippen molar-refractivity contribution in [2.24, 2.45) is 23.2 Å². The number of amides is 3. The SMILES string of the molecule is COC(=O)[C@H](C[C@@H]1CCNC1=O)NC(=O)[C@@H]1[C@@H]2[C@H](CN1C(=O)c1cc3cc4c(cc3[nH]1)OCO4)C2(C)C. The summed E-state index contributed by atoms with van der Waals surface area (Å²) in [6.07, 6.45) is 0.743. The van der Waals surface area contributed by atoms with E-state index < -0.39 is 24.0 Å². The topological polar surface area (TPSA) is 139 Å². The van der Waals surface area contributed by atoms with Gasteiger partial charge in [-0.2, -0.15) is 0 Å². The van der Waals surface area contributed by atoms with Crippen LogP contribution < -0.4 is 20.1 Å². The molecule has 196 valence electrons. The van der Waals surface area contributed by atoms with Crippen molar-refractivity contribution in [3.8, 4) is 11.5 Å². The van der Waals surface area contributed by atoms with Crippen molar-refractivity contribution in [2.45, 2.75) is 38.8 Å². The predicted octanol–water partition coefficient (Wildman–Crippen LogP) is 1.18. The number of rotatable bonds is 6. The maximum Gasteiger partial charge on any atom is 0.328 e. The zero-order chi connectivity index (χ0) is 26.1. The molecule has 3 N–H and O–H groups in total. The third-order valence-corrected chi connectivity index (χ3v) is 8.57. The molecule has 1 saturated carbocycles. The molecule has 11 heteroatoms. The van der Waals surface area contributed by atoms with Gasteiger partial charge in [-0.05, 0) is 42.2 Å². The van der Waals surface area contributed by atoms with Crippen LogP contribution in [0.15, 0.2) is 18.2 Å². The van der Waals surface area contributed by atoms with E-state index in [1.165, 1.54) is 7.11 Å². The molecule has 3 fully saturated rings. The fraction of sp³-hybridized carbons (Fsp3) is 0.538. The Hall–Kier alpha value is -3.76. The number of nitrogens with zero attached hydrogens (tertiary/aromatic N) is 1. The summed E-state index contributed by atoms with van der Waals surface area (Å²) in [6.45, 7) is 5.33. The van der Waals surface area contributed by atoms with Crippen LogP contribution >= 0.6 is 0 Å². The lowest BCUT2D eigenvalue weighted by molar-refractivity contribution is -0.146. The number of aromatic nitrogens is 1. The van der Waals surface area contributed by atoms with E-state index in [0.717, 1.165) is 10.9 Å². The molecule has 3 amide bonds. The van der Waals surface area contributed by atoms with Gasteiger partial charge in [0.25, 0.3) is 5.91 Å². The minimum absolute atomic E-state index is 0.0282. The van der Waals surface area contributed by atoms with E-state index in [-0.39, 0.29) is 48.2 Å². The molecule has 1 aromatic heterocycles. The van der Waals surface area contributed by atoms with Crippen LogP contribution in [-0.4, -0.2) is 72.7 Å². The summed E-state index contributed by atoms with van der Waals surface area (Å²) in [5, 5.41) is 6.37. The maximum atomic E-state index is 13.7. The smallest absolute Gasteiger partial charge is 0.328 e. The van der Waals surface area contributed by atoms with Crippen LogP contribution in [0.25, 0.3) is 10.9 Å². The highest BCUT2D eigenvalue weighted by Gasteiger charge is 2.69. The molecule has 1 aliphatic carbocycles. The largest absolute Gasteiger partial charge is 0.467 e. The minimum atomic E-state index is -0.973. The first-order valence-corrected chi connectivity index (χ1v) is 12.6. The summed E-state index contributed by atoms with van der Waals surface area (Å²) in [4.78, 5) is 56.7. The van der Waals surface area contributed by atoms with Crippen LogP contribution in [0.2, 0.25) is 0 Å². The first-order chi connectivity index (χ1) is 17.7. The molecule has 37 heavy (non-hydrogen) atoms. The number of benzene rings is 1. The van der Waals surface area contributed by atoms with Crippen LogP contribution in [0.5, 0.6) is 11.5 Å². The van der Waals surface area contributed by atoms with Crippen molar-refractivity contribution < 1.29 is 33.4 Å². The van der Waals surface area contributed by atoms with Gasteiger partial charge in [0.1, 0.15) is 17.8 Å². The monoisotopic (exact) mass is 510 g/mol. The number of hydrogen-bond acceptors (Lipinski definition) is 7. The highest BCUT2D eigenvalue weighted by atomic mass is 16.7. The van der Waals surface area contributed by atoms with Crippen molar-refractivity contribution in [1.82, 2.24) is 20.5 Å². The molecule has 0 radical (unpaired) electrons. The number of nitrogens with one attached hydrogen (secondary N) is 3. The Kier molecular flexibility index (Phi) is 5.36. The van der Waals surface area contributed by atoms with Crippen LogP contribution in [0.3, 0.4) is 0 Å². The Morgan fingerprint density at radius 1 is 1.22 bits per heavy atom. The molecule has 4 aliphatic rings. The number of carbonyl (C=O) groups excluding carboxylic acids is 4. The van der Waals surface area contributed by atoms with Crippen molar-refractivity contribution in [2.75, 3.05) is 27.0 Å². The average molecular weight is 511 g/mol. The lowest BCUT2D eigenvalue weighted by Gasteiger charge is -2.31. The normalized spacial score (nSPS) is 27.5. The Labute approximate surface area is 213 Å². The second kappa shape index (κ2) is 8.39. The quantitative estimate of drug-likeness (QED) is 0.496. The Bertz CT molecular complexity index is 1280.